The molecule has 3 rings (SSSR count). The normalized spacial score (nSPS) is 10.7. The van der Waals surface area contributed by atoms with Gasteiger partial charge in [-0.3, -0.25) is 9.48 Å². The van der Waals surface area contributed by atoms with E-state index in [1.807, 2.05) is 0 Å². The quantitative estimate of drug-likeness (QED) is 0.274. The molecule has 0 aliphatic rings. The Labute approximate surface area is 168 Å². The molecule has 3 aromatic rings. The van der Waals surface area contributed by atoms with Crippen LogP contribution in [0.15, 0.2) is 42.6 Å². The summed E-state index contributed by atoms with van der Waals surface area (Å²) in [7, 11) is 0. The van der Waals surface area contributed by atoms with E-state index in [1.165, 1.54) is 19.2 Å². The zero-order valence-corrected chi connectivity index (χ0v) is 15.8. The molecular weight excluding hydrogens is 408 g/mol. The van der Waals surface area contributed by atoms with Crippen molar-refractivity contribution in [3.63, 3.8) is 0 Å². The van der Waals surface area contributed by atoms with Gasteiger partial charge in [-0.25, -0.2) is 17.6 Å². The maximum absolute atomic E-state index is 13.8. The number of nitrogens with one attached hydrogen (secondary N) is 2. The third-order valence-electron chi connectivity index (χ3n) is 3.95. The van der Waals surface area contributed by atoms with Gasteiger partial charge in [-0.15, -0.1) is 0 Å². The number of anilines is 2. The van der Waals surface area contributed by atoms with Gasteiger partial charge in [-0.2, -0.15) is 5.10 Å². The minimum Gasteiger partial charge on any atom is -0.332 e. The van der Waals surface area contributed by atoms with Crippen LogP contribution in [0.5, 0.6) is 0 Å². The number of rotatable bonds is 5. The standard InChI is InChI=1S/C19H14F4N4OS/c1-10(28)11-2-4-12(5-3-11)24-19(29)25-16-6-7-27(26-16)9-13-17(22)14(20)8-15(21)18(13)23/h2-8H,9H2,1H3,(H2,24,25,26,29). The first-order chi connectivity index (χ1) is 13.7. The van der Waals surface area contributed by atoms with Crippen molar-refractivity contribution >= 4 is 34.6 Å². The summed E-state index contributed by atoms with van der Waals surface area (Å²) >= 11 is 5.16. The zero-order valence-electron chi connectivity index (χ0n) is 15.0. The lowest BCUT2D eigenvalue weighted by Gasteiger charge is -2.09. The van der Waals surface area contributed by atoms with Crippen LogP contribution in [-0.2, 0) is 6.54 Å². The van der Waals surface area contributed by atoms with Crippen LogP contribution in [0.25, 0.3) is 0 Å². The molecule has 1 aromatic heterocycles. The second-order valence-corrected chi connectivity index (χ2v) is 6.47. The van der Waals surface area contributed by atoms with Crippen LogP contribution in [0, 0.1) is 23.3 Å². The zero-order chi connectivity index (χ0) is 21.1. The fraction of sp³-hybridized carbons (Fsp3) is 0.105. The number of carbonyl (C=O) groups excluding carboxylic acids is 1. The van der Waals surface area contributed by atoms with E-state index in [1.54, 1.807) is 24.3 Å². The van der Waals surface area contributed by atoms with E-state index in [0.717, 1.165) is 4.68 Å². The molecule has 0 spiro atoms. The summed E-state index contributed by atoms with van der Waals surface area (Å²) in [5, 5.41) is 9.86. The molecule has 0 saturated heterocycles. The molecule has 0 amide bonds. The number of ketones is 1. The Morgan fingerprint density at radius 1 is 1.03 bits per heavy atom. The van der Waals surface area contributed by atoms with Crippen molar-refractivity contribution in [2.45, 2.75) is 13.5 Å². The van der Waals surface area contributed by atoms with Crippen LogP contribution >= 0.6 is 12.2 Å². The Balaban J connectivity index is 1.66. The first-order valence-corrected chi connectivity index (χ1v) is 8.69. The Bertz CT molecular complexity index is 1060. The highest BCUT2D eigenvalue weighted by Gasteiger charge is 2.19. The largest absolute Gasteiger partial charge is 0.332 e. The van der Waals surface area contributed by atoms with Gasteiger partial charge in [-0.1, -0.05) is 0 Å². The van der Waals surface area contributed by atoms with E-state index in [2.05, 4.69) is 15.7 Å². The monoisotopic (exact) mass is 422 g/mol. The molecule has 29 heavy (non-hydrogen) atoms. The minimum atomic E-state index is -1.48. The second kappa shape index (κ2) is 8.39. The molecule has 10 heteroatoms. The lowest BCUT2D eigenvalue weighted by molar-refractivity contribution is 0.101. The summed E-state index contributed by atoms with van der Waals surface area (Å²) in [6, 6.07) is 8.25. The number of aromatic nitrogens is 2. The number of nitrogens with zero attached hydrogens (tertiary/aromatic N) is 2. The summed E-state index contributed by atoms with van der Waals surface area (Å²) in [5.41, 5.74) is 0.413. The summed E-state index contributed by atoms with van der Waals surface area (Å²) in [6.07, 6.45) is 1.37. The maximum Gasteiger partial charge on any atom is 0.176 e. The first-order valence-electron chi connectivity index (χ1n) is 8.29. The Morgan fingerprint density at radius 2 is 1.66 bits per heavy atom. The van der Waals surface area contributed by atoms with E-state index in [0.29, 0.717) is 11.3 Å². The van der Waals surface area contributed by atoms with E-state index >= 15 is 0 Å². The maximum atomic E-state index is 13.8. The van der Waals surface area contributed by atoms with Crippen LogP contribution < -0.4 is 10.6 Å². The molecule has 0 aliphatic carbocycles. The van der Waals surface area contributed by atoms with E-state index in [9.17, 15) is 22.4 Å². The molecule has 0 atom stereocenters. The van der Waals surface area contributed by atoms with Crippen LogP contribution in [0.4, 0.5) is 29.1 Å². The van der Waals surface area contributed by atoms with Gasteiger partial charge in [0.05, 0.1) is 12.1 Å². The summed E-state index contributed by atoms with van der Waals surface area (Å²) in [4.78, 5) is 11.3. The highest BCUT2D eigenvalue weighted by Crippen LogP contribution is 2.20. The number of hydrogen-bond acceptors (Lipinski definition) is 3. The number of Topliss-reactive ketones (excluding diaryl/α,β-unsaturated/α-hetero) is 1. The molecule has 0 saturated carbocycles. The van der Waals surface area contributed by atoms with E-state index in [4.69, 9.17) is 12.2 Å². The third-order valence-corrected chi connectivity index (χ3v) is 4.16. The van der Waals surface area contributed by atoms with Crippen molar-refractivity contribution in [3.8, 4) is 0 Å². The average Bonchev–Trinajstić information content (AvgIpc) is 3.11. The average molecular weight is 422 g/mol. The SMILES string of the molecule is CC(=O)c1ccc(NC(=S)Nc2ccn(Cc3c(F)c(F)cc(F)c3F)n2)cc1. The third kappa shape index (κ3) is 4.77. The highest BCUT2D eigenvalue weighted by molar-refractivity contribution is 7.80. The molecule has 5 nitrogen and oxygen atoms in total. The predicted molar refractivity (Wildman–Crippen MR) is 104 cm³/mol. The lowest BCUT2D eigenvalue weighted by atomic mass is 10.1. The number of carbonyl (C=O) groups is 1. The molecule has 0 aliphatic heterocycles. The van der Waals surface area contributed by atoms with Gasteiger partial charge in [0, 0.05) is 29.6 Å². The van der Waals surface area contributed by atoms with Crippen molar-refractivity contribution in [1.82, 2.24) is 9.78 Å². The molecule has 0 unspecified atom stereocenters. The molecular formula is C19H14F4N4OS. The van der Waals surface area contributed by atoms with Crippen molar-refractivity contribution in [2.75, 3.05) is 10.6 Å². The van der Waals surface area contributed by atoms with E-state index < -0.39 is 35.4 Å². The number of benzene rings is 2. The first kappa shape index (κ1) is 20.5. The van der Waals surface area contributed by atoms with Crippen LogP contribution in [-0.4, -0.2) is 20.7 Å². The van der Waals surface area contributed by atoms with Gasteiger partial charge < -0.3 is 10.6 Å². The van der Waals surface area contributed by atoms with Gasteiger partial charge in [0.1, 0.15) is 0 Å². The summed E-state index contributed by atoms with van der Waals surface area (Å²) in [5.74, 6) is -5.72. The Morgan fingerprint density at radius 3 is 2.24 bits per heavy atom. The molecule has 2 N–H and O–H groups in total. The predicted octanol–water partition coefficient (Wildman–Crippen LogP) is 4.50. The van der Waals surface area contributed by atoms with Gasteiger partial charge in [-0.05, 0) is 43.4 Å². The molecule has 150 valence electrons. The van der Waals surface area contributed by atoms with Gasteiger partial charge in [0.15, 0.2) is 40.0 Å². The molecule has 1 heterocycles. The molecule has 0 fully saturated rings. The number of hydrogen-bond donors (Lipinski definition) is 2. The molecule has 0 bridgehead atoms. The minimum absolute atomic E-state index is 0.0613. The summed E-state index contributed by atoms with van der Waals surface area (Å²) < 4.78 is 55.3. The van der Waals surface area contributed by atoms with Gasteiger partial charge in [0.25, 0.3) is 0 Å². The highest BCUT2D eigenvalue weighted by atomic mass is 32.1. The van der Waals surface area contributed by atoms with E-state index in [-0.39, 0.29) is 22.8 Å². The lowest BCUT2D eigenvalue weighted by Crippen LogP contribution is -2.19. The van der Waals surface area contributed by atoms with Crippen molar-refractivity contribution in [2.24, 2.45) is 0 Å². The van der Waals surface area contributed by atoms with Gasteiger partial charge >= 0.3 is 0 Å². The van der Waals surface area contributed by atoms with Gasteiger partial charge in [0.2, 0.25) is 0 Å². The Hall–Kier alpha value is -3.27. The number of thiocarbonyl (C=S) groups is 1. The van der Waals surface area contributed by atoms with Crippen molar-refractivity contribution in [3.05, 3.63) is 77.0 Å². The van der Waals surface area contributed by atoms with Crippen molar-refractivity contribution < 1.29 is 22.4 Å². The topological polar surface area (TPSA) is 59.0 Å². The Kier molecular flexibility index (Phi) is 5.92. The fourth-order valence-electron chi connectivity index (χ4n) is 2.51. The van der Waals surface area contributed by atoms with Crippen LogP contribution in [0.3, 0.4) is 0 Å². The molecule has 0 radical (unpaired) electrons. The second-order valence-electron chi connectivity index (χ2n) is 6.06. The number of halogens is 4. The summed E-state index contributed by atoms with van der Waals surface area (Å²) in [6.45, 7) is 0.946. The van der Waals surface area contributed by atoms with Crippen LogP contribution in [0.1, 0.15) is 22.8 Å². The smallest absolute Gasteiger partial charge is 0.176 e. The van der Waals surface area contributed by atoms with Crippen LogP contribution in [0.2, 0.25) is 0 Å². The fourth-order valence-corrected chi connectivity index (χ4v) is 2.73. The van der Waals surface area contributed by atoms with Crippen molar-refractivity contribution in [1.29, 1.82) is 0 Å². The molecule has 2 aromatic carbocycles.